The zero-order valence-corrected chi connectivity index (χ0v) is 14.3. The van der Waals surface area contributed by atoms with E-state index in [-0.39, 0.29) is 11.8 Å². The molecule has 0 aromatic heterocycles. The molecule has 1 fully saturated rings. The van der Waals surface area contributed by atoms with Crippen molar-refractivity contribution in [3.8, 4) is 5.75 Å². The quantitative estimate of drug-likeness (QED) is 0.908. The Hall–Kier alpha value is -2.59. The fourth-order valence-corrected chi connectivity index (χ4v) is 3.38. The number of benzene rings is 2. The molecule has 1 amide bonds. The summed E-state index contributed by atoms with van der Waals surface area (Å²) < 4.78 is 5.82. The Labute approximate surface area is 151 Å². The van der Waals surface area contributed by atoms with Crippen molar-refractivity contribution in [2.45, 2.75) is 18.9 Å². The van der Waals surface area contributed by atoms with Crippen LogP contribution in [0.5, 0.6) is 5.75 Å². The number of carbonyl (C=O) groups excluding carboxylic acids is 1. The molecule has 2 aliphatic heterocycles. The molecular weight excluding hydrogens is 336 g/mol. The lowest BCUT2D eigenvalue weighted by molar-refractivity contribution is -0.120. The first-order valence-electron chi connectivity index (χ1n) is 8.21. The Kier molecular flexibility index (Phi) is 4.28. The van der Waals surface area contributed by atoms with E-state index in [4.69, 9.17) is 16.3 Å². The van der Waals surface area contributed by atoms with Crippen molar-refractivity contribution in [1.29, 1.82) is 0 Å². The molecule has 126 valence electrons. The average molecular weight is 353 g/mol. The van der Waals surface area contributed by atoms with Crippen LogP contribution in [-0.4, -0.2) is 18.3 Å². The number of nitrogens with one attached hydrogen (secondary N) is 1. The van der Waals surface area contributed by atoms with Crippen LogP contribution in [0.1, 0.15) is 23.5 Å². The molecule has 4 nitrogen and oxygen atoms in total. The number of halogens is 1. The van der Waals surface area contributed by atoms with Crippen molar-refractivity contribution >= 4 is 23.3 Å². The lowest BCUT2D eigenvalue weighted by Gasteiger charge is -2.25. The van der Waals surface area contributed by atoms with Gasteiger partial charge in [-0.25, -0.2) is 0 Å². The van der Waals surface area contributed by atoms with Gasteiger partial charge in [-0.1, -0.05) is 48.0 Å². The summed E-state index contributed by atoms with van der Waals surface area (Å²) in [6.45, 7) is 1.06. The number of rotatable bonds is 4. The first-order chi connectivity index (χ1) is 12.2. The number of amides is 1. The molecular formula is C20H17ClN2O2. The largest absolute Gasteiger partial charge is 0.489 e. The van der Waals surface area contributed by atoms with E-state index in [1.807, 2.05) is 48.5 Å². The molecule has 1 saturated heterocycles. The number of nitrogens with zero attached hydrogens (tertiary/aromatic N) is 1. The second kappa shape index (κ2) is 6.73. The minimum atomic E-state index is 0.0156. The average Bonchev–Trinajstić information content (AvgIpc) is 3.09. The molecule has 25 heavy (non-hydrogen) atoms. The number of aliphatic imine (C=N–C) groups is 1. The molecule has 1 unspecified atom stereocenters. The Morgan fingerprint density at radius 3 is 2.76 bits per heavy atom. The second-order valence-corrected chi connectivity index (χ2v) is 6.51. The maximum absolute atomic E-state index is 11.9. The Morgan fingerprint density at radius 2 is 1.96 bits per heavy atom. The fraction of sp³-hybridized carbons (Fsp3) is 0.200. The molecule has 2 aromatic carbocycles. The van der Waals surface area contributed by atoms with Gasteiger partial charge in [0.15, 0.2) is 0 Å². The van der Waals surface area contributed by atoms with Gasteiger partial charge in [-0.05, 0) is 23.8 Å². The number of hydrogen-bond donors (Lipinski definition) is 1. The summed E-state index contributed by atoms with van der Waals surface area (Å²) in [6, 6.07) is 15.5. The lowest BCUT2D eigenvalue weighted by atomic mass is 9.85. The summed E-state index contributed by atoms with van der Waals surface area (Å²) in [5.74, 6) is 1.58. The predicted molar refractivity (Wildman–Crippen MR) is 98.1 cm³/mol. The highest BCUT2D eigenvalue weighted by molar-refractivity contribution is 6.31. The molecule has 0 spiro atoms. The van der Waals surface area contributed by atoms with Crippen molar-refractivity contribution in [3.63, 3.8) is 0 Å². The Morgan fingerprint density at radius 1 is 1.16 bits per heavy atom. The van der Waals surface area contributed by atoms with Crippen molar-refractivity contribution in [1.82, 2.24) is 5.32 Å². The minimum absolute atomic E-state index is 0.0156. The Bertz CT molecular complexity index is 872. The van der Waals surface area contributed by atoms with Gasteiger partial charge in [0, 0.05) is 28.5 Å². The van der Waals surface area contributed by atoms with E-state index in [9.17, 15) is 4.79 Å². The maximum atomic E-state index is 11.9. The third-order valence-corrected chi connectivity index (χ3v) is 4.86. The van der Waals surface area contributed by atoms with E-state index in [1.165, 1.54) is 0 Å². The molecule has 1 atom stereocenters. The van der Waals surface area contributed by atoms with Crippen LogP contribution >= 0.6 is 11.6 Å². The van der Waals surface area contributed by atoms with Crippen molar-refractivity contribution < 1.29 is 9.53 Å². The van der Waals surface area contributed by atoms with Gasteiger partial charge < -0.3 is 10.1 Å². The highest BCUT2D eigenvalue weighted by Crippen LogP contribution is 2.34. The van der Waals surface area contributed by atoms with Crippen molar-refractivity contribution in [2.75, 3.05) is 6.54 Å². The fourth-order valence-electron chi connectivity index (χ4n) is 3.19. The molecule has 0 saturated carbocycles. The van der Waals surface area contributed by atoms with Crippen LogP contribution in [0.25, 0.3) is 0 Å². The predicted octanol–water partition coefficient (Wildman–Crippen LogP) is 3.86. The van der Waals surface area contributed by atoms with E-state index in [0.29, 0.717) is 24.6 Å². The van der Waals surface area contributed by atoms with Gasteiger partial charge in [0.25, 0.3) is 0 Å². The van der Waals surface area contributed by atoms with Gasteiger partial charge in [-0.2, -0.15) is 0 Å². The topological polar surface area (TPSA) is 50.7 Å². The molecule has 5 heteroatoms. The van der Waals surface area contributed by atoms with Crippen LogP contribution in [-0.2, 0) is 11.4 Å². The van der Waals surface area contributed by atoms with Crippen LogP contribution in [0.3, 0.4) is 0 Å². The number of carbonyl (C=O) groups is 1. The zero-order chi connectivity index (χ0) is 17.2. The number of hydrogen-bond acceptors (Lipinski definition) is 3. The highest BCUT2D eigenvalue weighted by Gasteiger charge is 2.31. The molecule has 2 aliphatic rings. The number of amidine groups is 1. The highest BCUT2D eigenvalue weighted by atomic mass is 35.5. The van der Waals surface area contributed by atoms with Gasteiger partial charge in [-0.15, -0.1) is 0 Å². The summed E-state index contributed by atoms with van der Waals surface area (Å²) in [7, 11) is 0. The number of piperidine rings is 1. The van der Waals surface area contributed by atoms with Gasteiger partial charge in [0.2, 0.25) is 5.91 Å². The second-order valence-electron chi connectivity index (χ2n) is 6.10. The number of fused-ring (bicyclic) bond motifs is 1. The van der Waals surface area contributed by atoms with Gasteiger partial charge >= 0.3 is 0 Å². The summed E-state index contributed by atoms with van der Waals surface area (Å²) in [5.41, 5.74) is 3.17. The number of ether oxygens (including phenoxy) is 1. The van der Waals surface area contributed by atoms with Crippen LogP contribution in [0.15, 0.2) is 65.2 Å². The summed E-state index contributed by atoms with van der Waals surface area (Å²) in [4.78, 5) is 16.2. The van der Waals surface area contributed by atoms with Crippen molar-refractivity contribution in [3.05, 3.63) is 76.3 Å². The first-order valence-corrected chi connectivity index (χ1v) is 8.59. The van der Waals surface area contributed by atoms with Crippen LogP contribution in [0.4, 0.5) is 0 Å². The van der Waals surface area contributed by atoms with E-state index < -0.39 is 0 Å². The van der Waals surface area contributed by atoms with Gasteiger partial charge in [0.1, 0.15) is 18.2 Å². The zero-order valence-electron chi connectivity index (χ0n) is 13.5. The maximum Gasteiger partial charge on any atom is 0.226 e. The standard InChI is InChI=1S/C20H17ClN2O2/c21-18-4-2-1-3-14(18)12-25-15-7-5-13(6-8-15)17-11-19(24)23-20-16(17)9-10-22-20/h1-9,17H,10-12H2,(H,22,23,24). The first kappa shape index (κ1) is 15.9. The molecule has 0 aliphatic carbocycles. The molecule has 2 heterocycles. The van der Waals surface area contributed by atoms with Crippen LogP contribution in [0.2, 0.25) is 5.02 Å². The lowest BCUT2D eigenvalue weighted by Crippen LogP contribution is -2.38. The third-order valence-electron chi connectivity index (χ3n) is 4.49. The molecule has 2 aromatic rings. The Balaban J connectivity index is 1.48. The van der Waals surface area contributed by atoms with Gasteiger partial charge in [-0.3, -0.25) is 9.79 Å². The van der Waals surface area contributed by atoms with Crippen LogP contribution < -0.4 is 10.1 Å². The molecule has 4 rings (SSSR count). The summed E-state index contributed by atoms with van der Waals surface area (Å²) in [5, 5.41) is 3.54. The van der Waals surface area contributed by atoms with Crippen LogP contribution in [0, 0.1) is 0 Å². The third kappa shape index (κ3) is 3.30. The normalized spacial score (nSPS) is 18.9. The summed E-state index contributed by atoms with van der Waals surface area (Å²) in [6.07, 6.45) is 2.53. The molecule has 0 radical (unpaired) electrons. The van der Waals surface area contributed by atoms with E-state index in [1.54, 1.807) is 0 Å². The SMILES string of the molecule is O=C1CC(c2ccc(OCc3ccccc3Cl)cc2)C2=CCN=C2N1. The van der Waals surface area contributed by atoms with E-state index >= 15 is 0 Å². The van der Waals surface area contributed by atoms with E-state index in [2.05, 4.69) is 16.4 Å². The monoisotopic (exact) mass is 352 g/mol. The minimum Gasteiger partial charge on any atom is -0.489 e. The van der Waals surface area contributed by atoms with Gasteiger partial charge in [0.05, 0.1) is 6.54 Å². The molecule has 0 bridgehead atoms. The summed E-state index contributed by atoms with van der Waals surface area (Å²) >= 11 is 6.15. The smallest absolute Gasteiger partial charge is 0.226 e. The molecule has 1 N–H and O–H groups in total. The van der Waals surface area contributed by atoms with Crippen molar-refractivity contribution in [2.24, 2.45) is 4.99 Å². The van der Waals surface area contributed by atoms with E-state index in [0.717, 1.165) is 28.3 Å².